The van der Waals surface area contributed by atoms with E-state index in [-0.39, 0.29) is 5.75 Å². The van der Waals surface area contributed by atoms with Crippen LogP contribution in [-0.4, -0.2) is 56.0 Å². The summed E-state index contributed by atoms with van der Waals surface area (Å²) in [7, 11) is -3.00. The quantitative estimate of drug-likeness (QED) is 0.837. The van der Waals surface area contributed by atoms with Crippen LogP contribution < -0.4 is 5.32 Å². The maximum absolute atomic E-state index is 12.1. The third-order valence-corrected chi connectivity index (χ3v) is 6.40. The van der Waals surface area contributed by atoms with Gasteiger partial charge in [0.2, 0.25) is 0 Å². The Kier molecular flexibility index (Phi) is 6.27. The van der Waals surface area contributed by atoms with Crippen molar-refractivity contribution in [3.63, 3.8) is 0 Å². The molecule has 0 aliphatic carbocycles. The SMILES string of the molecule is CCCC1CN(CCS(=O)(=O)C(C)(C)C)CCCN1. The monoisotopic (exact) mass is 290 g/mol. The Bertz CT molecular complexity index is 360. The fourth-order valence-electron chi connectivity index (χ4n) is 2.38. The molecule has 114 valence electrons. The van der Waals surface area contributed by atoms with Crippen LogP contribution in [0.15, 0.2) is 0 Å². The molecule has 0 spiro atoms. The summed E-state index contributed by atoms with van der Waals surface area (Å²) in [4.78, 5) is 2.31. The van der Waals surface area contributed by atoms with Gasteiger partial charge in [0.05, 0.1) is 10.5 Å². The highest BCUT2D eigenvalue weighted by Gasteiger charge is 2.29. The summed E-state index contributed by atoms with van der Waals surface area (Å²) in [5.41, 5.74) is 0. The summed E-state index contributed by atoms with van der Waals surface area (Å²) < 4.78 is 23.7. The van der Waals surface area contributed by atoms with Gasteiger partial charge in [0.25, 0.3) is 0 Å². The molecule has 1 unspecified atom stereocenters. The minimum Gasteiger partial charge on any atom is -0.313 e. The Morgan fingerprint density at radius 2 is 2.00 bits per heavy atom. The van der Waals surface area contributed by atoms with E-state index in [0.717, 1.165) is 26.1 Å². The molecule has 5 heteroatoms. The first-order valence-corrected chi connectivity index (χ1v) is 9.09. The van der Waals surface area contributed by atoms with E-state index >= 15 is 0 Å². The molecule has 1 atom stereocenters. The van der Waals surface area contributed by atoms with Gasteiger partial charge in [0, 0.05) is 19.1 Å². The van der Waals surface area contributed by atoms with E-state index in [0.29, 0.717) is 12.6 Å². The van der Waals surface area contributed by atoms with Gasteiger partial charge in [-0.05, 0) is 46.7 Å². The summed E-state index contributed by atoms with van der Waals surface area (Å²) in [5.74, 6) is 0.273. The van der Waals surface area contributed by atoms with Gasteiger partial charge in [0.15, 0.2) is 9.84 Å². The van der Waals surface area contributed by atoms with Crippen LogP contribution in [0.1, 0.15) is 47.0 Å². The molecule has 0 aromatic rings. The Morgan fingerprint density at radius 3 is 2.58 bits per heavy atom. The van der Waals surface area contributed by atoms with Crippen molar-refractivity contribution in [2.24, 2.45) is 0 Å². The van der Waals surface area contributed by atoms with Crippen molar-refractivity contribution in [1.82, 2.24) is 10.2 Å². The smallest absolute Gasteiger partial charge is 0.156 e. The lowest BCUT2D eigenvalue weighted by Crippen LogP contribution is -2.41. The van der Waals surface area contributed by atoms with Gasteiger partial charge in [-0.25, -0.2) is 8.42 Å². The molecule has 1 saturated heterocycles. The summed E-state index contributed by atoms with van der Waals surface area (Å²) >= 11 is 0. The number of sulfone groups is 1. The predicted molar refractivity (Wildman–Crippen MR) is 81.3 cm³/mol. The van der Waals surface area contributed by atoms with Crippen molar-refractivity contribution in [2.75, 3.05) is 31.9 Å². The highest BCUT2D eigenvalue weighted by atomic mass is 32.2. The van der Waals surface area contributed by atoms with Crippen molar-refractivity contribution in [2.45, 2.75) is 57.7 Å². The maximum atomic E-state index is 12.1. The molecule has 1 fully saturated rings. The Balaban J connectivity index is 2.52. The molecule has 0 amide bonds. The zero-order valence-electron chi connectivity index (χ0n) is 12.9. The molecule has 0 bridgehead atoms. The Hall–Kier alpha value is -0.130. The van der Waals surface area contributed by atoms with E-state index in [1.807, 2.05) is 0 Å². The van der Waals surface area contributed by atoms with Gasteiger partial charge in [0.1, 0.15) is 0 Å². The number of rotatable bonds is 5. The topological polar surface area (TPSA) is 49.4 Å². The van der Waals surface area contributed by atoms with Crippen LogP contribution in [0.25, 0.3) is 0 Å². The fourth-order valence-corrected chi connectivity index (χ4v) is 3.49. The van der Waals surface area contributed by atoms with Crippen molar-refractivity contribution < 1.29 is 8.42 Å². The van der Waals surface area contributed by atoms with Gasteiger partial charge in [-0.1, -0.05) is 13.3 Å². The van der Waals surface area contributed by atoms with Crippen LogP contribution in [0.3, 0.4) is 0 Å². The van der Waals surface area contributed by atoms with Crippen LogP contribution in [0.5, 0.6) is 0 Å². The van der Waals surface area contributed by atoms with Crippen LogP contribution in [0.2, 0.25) is 0 Å². The first-order valence-electron chi connectivity index (χ1n) is 7.44. The van der Waals surface area contributed by atoms with Crippen LogP contribution in [0.4, 0.5) is 0 Å². The lowest BCUT2D eigenvalue weighted by molar-refractivity contribution is 0.276. The van der Waals surface area contributed by atoms with Gasteiger partial charge < -0.3 is 10.2 Å². The molecular weight excluding hydrogens is 260 g/mol. The standard InChI is InChI=1S/C14H30N2O2S/c1-5-7-13-12-16(9-6-8-15-13)10-11-19(17,18)14(2,3)4/h13,15H,5-12H2,1-4H3. The summed E-state index contributed by atoms with van der Waals surface area (Å²) in [6, 6.07) is 0.518. The van der Waals surface area contributed by atoms with Crippen molar-refractivity contribution >= 4 is 9.84 Å². The second-order valence-corrected chi connectivity index (χ2v) is 9.39. The lowest BCUT2D eigenvalue weighted by Gasteiger charge is -2.26. The fraction of sp³-hybridized carbons (Fsp3) is 1.00. The van der Waals surface area contributed by atoms with Crippen molar-refractivity contribution in [3.8, 4) is 0 Å². The Labute approximate surface area is 118 Å². The average molecular weight is 290 g/mol. The molecule has 1 N–H and O–H groups in total. The molecule has 19 heavy (non-hydrogen) atoms. The van der Waals surface area contributed by atoms with Crippen LogP contribution in [0, 0.1) is 0 Å². The Morgan fingerprint density at radius 1 is 1.32 bits per heavy atom. The summed E-state index contributed by atoms with van der Waals surface area (Å²) in [6.07, 6.45) is 3.45. The number of hydrogen-bond acceptors (Lipinski definition) is 4. The predicted octanol–water partition coefficient (Wildman–Crippen LogP) is 1.66. The molecule has 1 heterocycles. The van der Waals surface area contributed by atoms with E-state index in [4.69, 9.17) is 0 Å². The summed E-state index contributed by atoms with van der Waals surface area (Å²) in [5, 5.41) is 3.55. The zero-order valence-corrected chi connectivity index (χ0v) is 13.7. The molecule has 1 aliphatic rings. The van der Waals surface area contributed by atoms with Crippen molar-refractivity contribution in [3.05, 3.63) is 0 Å². The third-order valence-electron chi connectivity index (χ3n) is 3.81. The van der Waals surface area contributed by atoms with Gasteiger partial charge in [-0.2, -0.15) is 0 Å². The zero-order chi connectivity index (χ0) is 14.5. The minimum absolute atomic E-state index is 0.273. The highest BCUT2D eigenvalue weighted by molar-refractivity contribution is 7.92. The molecule has 1 aliphatic heterocycles. The molecule has 0 aromatic carbocycles. The number of nitrogens with one attached hydrogen (secondary N) is 1. The lowest BCUT2D eigenvalue weighted by atomic mass is 10.1. The van der Waals surface area contributed by atoms with E-state index in [1.165, 1.54) is 12.8 Å². The second kappa shape index (κ2) is 7.04. The van der Waals surface area contributed by atoms with E-state index < -0.39 is 14.6 Å². The molecule has 0 aromatic heterocycles. The molecule has 4 nitrogen and oxygen atoms in total. The average Bonchev–Trinajstić information content (AvgIpc) is 2.51. The molecule has 0 radical (unpaired) electrons. The molecular formula is C14H30N2O2S. The van der Waals surface area contributed by atoms with E-state index in [1.54, 1.807) is 20.8 Å². The third kappa shape index (κ3) is 5.40. The number of hydrogen-bond donors (Lipinski definition) is 1. The molecule has 1 rings (SSSR count). The first kappa shape index (κ1) is 16.9. The molecule has 0 saturated carbocycles. The van der Waals surface area contributed by atoms with Gasteiger partial charge >= 0.3 is 0 Å². The highest BCUT2D eigenvalue weighted by Crippen LogP contribution is 2.16. The summed E-state index contributed by atoms with van der Waals surface area (Å²) in [6.45, 7) is 11.3. The van der Waals surface area contributed by atoms with Crippen molar-refractivity contribution in [1.29, 1.82) is 0 Å². The normalized spacial score (nSPS) is 23.3. The minimum atomic E-state index is -3.00. The second-order valence-electron chi connectivity index (χ2n) is 6.53. The van der Waals surface area contributed by atoms with Crippen LogP contribution in [-0.2, 0) is 9.84 Å². The van der Waals surface area contributed by atoms with E-state index in [2.05, 4.69) is 17.1 Å². The maximum Gasteiger partial charge on any atom is 0.156 e. The van der Waals surface area contributed by atoms with Crippen LogP contribution >= 0.6 is 0 Å². The van der Waals surface area contributed by atoms with E-state index in [9.17, 15) is 8.42 Å². The van der Waals surface area contributed by atoms with Gasteiger partial charge in [-0.15, -0.1) is 0 Å². The first-order chi connectivity index (χ1) is 8.76. The van der Waals surface area contributed by atoms with Gasteiger partial charge in [-0.3, -0.25) is 0 Å². The largest absolute Gasteiger partial charge is 0.313 e. The number of nitrogens with zero attached hydrogens (tertiary/aromatic N) is 1.